The normalized spacial score (nSPS) is 9.90. The molecule has 0 N–H and O–H groups in total. The number of hydrogen-bond acceptors (Lipinski definition) is 4. The molecular formula is C14H9I2O4+. The topological polar surface area (TPSA) is 52.6 Å². The third kappa shape index (κ3) is 3.92. The maximum Gasteiger partial charge on any atom is 0.391 e. The highest BCUT2D eigenvalue weighted by Crippen LogP contribution is 2.21. The van der Waals surface area contributed by atoms with Gasteiger partial charge in [-0.2, -0.15) is 0 Å². The highest BCUT2D eigenvalue weighted by Gasteiger charge is 2.13. The average molecular weight is 495 g/mol. The average Bonchev–Trinajstić information content (AvgIpc) is 2.47. The molecule has 4 nitrogen and oxygen atoms in total. The molecule has 2 rings (SSSR count). The molecule has 0 spiro atoms. The Hall–Kier alpha value is -1.16. The molecule has 20 heavy (non-hydrogen) atoms. The van der Waals surface area contributed by atoms with Crippen molar-refractivity contribution in [1.29, 1.82) is 0 Å². The number of rotatable bonds is 4. The molecule has 0 aliphatic heterocycles. The van der Waals surface area contributed by atoms with Gasteiger partial charge >= 0.3 is 32.4 Å². The largest absolute Gasteiger partial charge is 0.428 e. The summed E-state index contributed by atoms with van der Waals surface area (Å²) in [6, 6.07) is 13.1. The summed E-state index contributed by atoms with van der Waals surface area (Å²) >= 11 is 3.15. The van der Waals surface area contributed by atoms with Crippen molar-refractivity contribution in [2.45, 2.75) is 0 Å². The minimum absolute atomic E-state index is 0.0346. The standard InChI is InChI=1S/C14H9I2O4/c15-13(17)9-4-6-10(7-5-9)14(18)19-11-2-1-3-12(8-11)20-16/h1-8,15H/q+1. The summed E-state index contributed by atoms with van der Waals surface area (Å²) in [7, 11) is 0. The van der Waals surface area contributed by atoms with E-state index in [0.29, 0.717) is 22.6 Å². The molecule has 2 aromatic carbocycles. The van der Waals surface area contributed by atoms with Crippen LogP contribution in [-0.2, 0) is 0 Å². The zero-order chi connectivity index (χ0) is 14.5. The van der Waals surface area contributed by atoms with Crippen molar-refractivity contribution in [2.24, 2.45) is 0 Å². The van der Waals surface area contributed by atoms with E-state index in [0.717, 1.165) is 0 Å². The van der Waals surface area contributed by atoms with Gasteiger partial charge in [0.15, 0.2) is 23.0 Å². The first kappa shape index (κ1) is 15.2. The lowest BCUT2D eigenvalue weighted by Gasteiger charge is -2.05. The van der Waals surface area contributed by atoms with E-state index < -0.39 is 5.97 Å². The Kier molecular flexibility index (Phi) is 5.35. The predicted molar refractivity (Wildman–Crippen MR) is 78.2 cm³/mol. The Morgan fingerprint density at radius 2 is 1.55 bits per heavy atom. The monoisotopic (exact) mass is 495 g/mol. The number of carbonyl (C=O) groups is 2. The molecule has 0 aliphatic rings. The van der Waals surface area contributed by atoms with E-state index in [1.807, 2.05) is 0 Å². The van der Waals surface area contributed by atoms with Gasteiger partial charge in [-0.05, 0) is 36.4 Å². The van der Waals surface area contributed by atoms with Crippen LogP contribution in [-0.4, -0.2) is 9.76 Å². The number of carbonyl (C=O) groups excluding carboxylic acids is 2. The Balaban J connectivity index is 2.13. The summed E-state index contributed by atoms with van der Waals surface area (Å²) in [4.78, 5) is 23.1. The maximum absolute atomic E-state index is 11.9. The van der Waals surface area contributed by atoms with Crippen molar-refractivity contribution in [3.63, 3.8) is 0 Å². The number of ether oxygens (including phenoxy) is 1. The number of esters is 1. The molecule has 0 fully saturated rings. The van der Waals surface area contributed by atoms with Gasteiger partial charge in [-0.1, -0.05) is 6.07 Å². The van der Waals surface area contributed by atoms with E-state index in [4.69, 9.17) is 7.80 Å². The molecule has 0 heterocycles. The quantitative estimate of drug-likeness (QED) is 0.261. The second kappa shape index (κ2) is 7.02. The first-order valence-electron chi connectivity index (χ1n) is 5.52. The fourth-order valence-corrected chi connectivity index (χ4v) is 2.16. The molecule has 0 atom stereocenters. The maximum atomic E-state index is 11.9. The molecule has 0 radical (unpaired) electrons. The smallest absolute Gasteiger partial charge is 0.391 e. The van der Waals surface area contributed by atoms with Crippen molar-refractivity contribution in [3.05, 3.63) is 59.7 Å². The van der Waals surface area contributed by atoms with Gasteiger partial charge < -0.3 is 7.80 Å². The van der Waals surface area contributed by atoms with Gasteiger partial charge in [-0.15, -0.1) is 0 Å². The van der Waals surface area contributed by atoms with E-state index in [9.17, 15) is 9.59 Å². The van der Waals surface area contributed by atoms with Crippen LogP contribution in [0.1, 0.15) is 20.7 Å². The van der Waals surface area contributed by atoms with Crippen molar-refractivity contribution in [2.75, 3.05) is 0 Å². The summed E-state index contributed by atoms with van der Waals surface area (Å²) < 4.78 is 10.2. The Morgan fingerprint density at radius 3 is 2.15 bits per heavy atom. The van der Waals surface area contributed by atoms with Gasteiger partial charge in [0, 0.05) is 6.07 Å². The first-order valence-corrected chi connectivity index (χ1v) is 7.57. The van der Waals surface area contributed by atoms with Crippen molar-refractivity contribution in [1.82, 2.24) is 0 Å². The van der Waals surface area contributed by atoms with Gasteiger partial charge in [0.1, 0.15) is 11.5 Å². The van der Waals surface area contributed by atoms with Gasteiger partial charge in [-0.25, -0.2) is 9.59 Å². The van der Waals surface area contributed by atoms with E-state index >= 15 is 0 Å². The molecule has 0 amide bonds. The van der Waals surface area contributed by atoms with Gasteiger partial charge in [-0.3, -0.25) is 0 Å². The molecule has 102 valence electrons. The van der Waals surface area contributed by atoms with Crippen LogP contribution in [0, 0.1) is 0 Å². The molecule has 0 aliphatic carbocycles. The third-order valence-corrected chi connectivity index (χ3v) is 3.64. The number of hydrogen-bond donors (Lipinski definition) is 0. The molecule has 0 saturated heterocycles. The lowest BCUT2D eigenvalue weighted by Crippen LogP contribution is -3.38. The van der Waals surface area contributed by atoms with Gasteiger partial charge in [0.05, 0.1) is 11.1 Å². The third-order valence-electron chi connectivity index (χ3n) is 2.46. The SMILES string of the molecule is O=C([IH+])c1ccc(C(=O)Oc2cccc(OI)c2)cc1. The highest BCUT2D eigenvalue weighted by atomic mass is 127. The molecular weight excluding hydrogens is 486 g/mol. The van der Waals surface area contributed by atoms with E-state index in [-0.39, 0.29) is 3.79 Å². The summed E-state index contributed by atoms with van der Waals surface area (Å²) in [5, 5.41) is 0. The Morgan fingerprint density at radius 1 is 0.950 bits per heavy atom. The minimum atomic E-state index is -0.480. The second-order valence-electron chi connectivity index (χ2n) is 3.81. The molecule has 6 heteroatoms. The van der Waals surface area contributed by atoms with Crippen LogP contribution in [0.4, 0.5) is 0 Å². The number of benzene rings is 2. The molecule has 0 unspecified atom stereocenters. The van der Waals surface area contributed by atoms with Gasteiger partial charge in [0.25, 0.3) is 0 Å². The molecule has 2 aromatic rings. The zero-order valence-corrected chi connectivity index (χ0v) is 14.5. The van der Waals surface area contributed by atoms with Crippen LogP contribution in [0.25, 0.3) is 0 Å². The highest BCUT2D eigenvalue weighted by molar-refractivity contribution is 14.1. The summed E-state index contributed by atoms with van der Waals surface area (Å²) in [5.41, 5.74) is 0.948. The lowest BCUT2D eigenvalue weighted by molar-refractivity contribution is -0.255. The lowest BCUT2D eigenvalue weighted by atomic mass is 10.1. The summed E-state index contributed by atoms with van der Waals surface area (Å²) in [6.45, 7) is 0. The first-order chi connectivity index (χ1) is 9.60. The van der Waals surface area contributed by atoms with Crippen LogP contribution < -0.4 is 30.4 Å². The second-order valence-corrected chi connectivity index (χ2v) is 5.31. The zero-order valence-electron chi connectivity index (χ0n) is 10.0. The number of halogens is 2. The van der Waals surface area contributed by atoms with Crippen LogP contribution >= 0.6 is 23.0 Å². The van der Waals surface area contributed by atoms with Crippen LogP contribution in [0.5, 0.6) is 11.5 Å². The summed E-state index contributed by atoms with van der Waals surface area (Å²) in [6.07, 6.45) is 0. The van der Waals surface area contributed by atoms with E-state index in [1.165, 1.54) is 22.6 Å². The van der Waals surface area contributed by atoms with Crippen LogP contribution in [0.15, 0.2) is 48.5 Å². The fraction of sp³-hybridized carbons (Fsp3) is 0. The van der Waals surface area contributed by atoms with E-state index in [1.54, 1.807) is 71.5 Å². The van der Waals surface area contributed by atoms with Crippen molar-refractivity contribution < 1.29 is 40.0 Å². The fourth-order valence-electron chi connectivity index (χ4n) is 1.49. The molecule has 0 aromatic heterocycles. The Bertz CT molecular complexity index is 638. The summed E-state index contributed by atoms with van der Waals surface area (Å²) in [5.74, 6) is 0.523. The van der Waals surface area contributed by atoms with Crippen LogP contribution in [0.2, 0.25) is 0 Å². The minimum Gasteiger partial charge on any atom is -0.428 e. The predicted octanol–water partition coefficient (Wildman–Crippen LogP) is 0.0604. The van der Waals surface area contributed by atoms with E-state index in [2.05, 4.69) is 0 Å². The van der Waals surface area contributed by atoms with Gasteiger partial charge in [0.2, 0.25) is 0 Å². The Labute approximate surface area is 143 Å². The molecule has 0 saturated carbocycles. The van der Waals surface area contributed by atoms with Crippen molar-refractivity contribution >= 4 is 32.8 Å². The van der Waals surface area contributed by atoms with Crippen LogP contribution in [0.3, 0.4) is 0 Å². The van der Waals surface area contributed by atoms with Crippen molar-refractivity contribution in [3.8, 4) is 11.5 Å². The molecule has 0 bridgehead atoms.